The van der Waals surface area contributed by atoms with Crippen LogP contribution >= 0.6 is 24.0 Å². The zero-order valence-electron chi connectivity index (χ0n) is 16.1. The van der Waals surface area contributed by atoms with Crippen LogP contribution in [0.1, 0.15) is 30.9 Å². The van der Waals surface area contributed by atoms with Crippen molar-refractivity contribution in [3.63, 3.8) is 0 Å². The first-order valence-electron chi connectivity index (χ1n) is 9.32. The Labute approximate surface area is 179 Å². The van der Waals surface area contributed by atoms with Crippen molar-refractivity contribution in [2.75, 3.05) is 20.1 Å². The molecule has 1 aliphatic rings. The molecule has 1 saturated heterocycles. The van der Waals surface area contributed by atoms with Crippen LogP contribution in [-0.4, -0.2) is 36.0 Å². The second kappa shape index (κ2) is 11.1. The van der Waals surface area contributed by atoms with Crippen LogP contribution in [0.25, 0.3) is 0 Å². The van der Waals surface area contributed by atoms with Crippen molar-refractivity contribution in [2.45, 2.75) is 32.9 Å². The van der Waals surface area contributed by atoms with Gasteiger partial charge in [0.05, 0.1) is 0 Å². The molecule has 1 N–H and O–H groups in total. The third-order valence-corrected chi connectivity index (χ3v) is 4.65. The number of piperidine rings is 1. The summed E-state index contributed by atoms with van der Waals surface area (Å²) in [6.07, 6.45) is 4.33. The second-order valence-corrected chi connectivity index (χ2v) is 6.87. The van der Waals surface area contributed by atoms with Crippen molar-refractivity contribution >= 4 is 29.9 Å². The molecule has 1 aliphatic heterocycles. The minimum Gasteiger partial charge on any atom is -0.473 e. The smallest absolute Gasteiger partial charge is 0.213 e. The summed E-state index contributed by atoms with van der Waals surface area (Å²) in [6.45, 7) is 5.69. The lowest BCUT2D eigenvalue weighted by Crippen LogP contribution is -2.45. The lowest BCUT2D eigenvalue weighted by Gasteiger charge is -2.33. The monoisotopic (exact) mass is 480 g/mol. The number of hydrogen-bond donors (Lipinski definition) is 1. The Balaban J connectivity index is 0.00000261. The van der Waals surface area contributed by atoms with Crippen LogP contribution in [0.2, 0.25) is 0 Å². The molecule has 1 fully saturated rings. The first kappa shape index (κ1) is 21.5. The van der Waals surface area contributed by atoms with Gasteiger partial charge in [0.2, 0.25) is 5.88 Å². The molecule has 146 valence electrons. The lowest BCUT2D eigenvalue weighted by molar-refractivity contribution is 0.266. The van der Waals surface area contributed by atoms with Gasteiger partial charge in [0.1, 0.15) is 6.61 Å². The maximum Gasteiger partial charge on any atom is 0.213 e. The van der Waals surface area contributed by atoms with E-state index in [1.807, 2.05) is 37.4 Å². The summed E-state index contributed by atoms with van der Waals surface area (Å²) in [4.78, 5) is 11.1. The van der Waals surface area contributed by atoms with Crippen LogP contribution in [0.15, 0.2) is 53.7 Å². The predicted molar refractivity (Wildman–Crippen MR) is 121 cm³/mol. The number of nitrogens with one attached hydrogen (secondary N) is 1. The van der Waals surface area contributed by atoms with Gasteiger partial charge in [-0.2, -0.15) is 0 Å². The van der Waals surface area contributed by atoms with Crippen LogP contribution in [0, 0.1) is 5.92 Å². The number of pyridine rings is 1. The number of halogens is 1. The van der Waals surface area contributed by atoms with Crippen LogP contribution in [0.3, 0.4) is 0 Å². The van der Waals surface area contributed by atoms with Crippen LogP contribution < -0.4 is 10.1 Å². The topological polar surface area (TPSA) is 49.8 Å². The van der Waals surface area contributed by atoms with Gasteiger partial charge in [-0.15, -0.1) is 24.0 Å². The Kier molecular flexibility index (Phi) is 8.84. The Bertz CT molecular complexity index is 723. The van der Waals surface area contributed by atoms with Crippen molar-refractivity contribution in [2.24, 2.45) is 10.9 Å². The molecule has 0 saturated carbocycles. The average Bonchev–Trinajstić information content (AvgIpc) is 2.68. The summed E-state index contributed by atoms with van der Waals surface area (Å²) >= 11 is 0. The molecule has 2 heterocycles. The second-order valence-electron chi connectivity index (χ2n) is 6.87. The number of benzene rings is 1. The highest BCUT2D eigenvalue weighted by Gasteiger charge is 2.19. The number of hydrogen-bond acceptors (Lipinski definition) is 3. The zero-order valence-corrected chi connectivity index (χ0v) is 18.4. The van der Waals surface area contributed by atoms with Gasteiger partial charge in [0.15, 0.2) is 5.96 Å². The van der Waals surface area contributed by atoms with Gasteiger partial charge in [-0.1, -0.05) is 37.3 Å². The van der Waals surface area contributed by atoms with Gasteiger partial charge in [-0.05, 0) is 36.0 Å². The number of rotatable bonds is 5. The Morgan fingerprint density at radius 2 is 2.07 bits per heavy atom. The molecule has 0 aliphatic carbocycles. The molecular weight excluding hydrogens is 451 g/mol. The Morgan fingerprint density at radius 3 is 2.81 bits per heavy atom. The van der Waals surface area contributed by atoms with E-state index in [0.717, 1.165) is 36.1 Å². The predicted octanol–water partition coefficient (Wildman–Crippen LogP) is 4.09. The van der Waals surface area contributed by atoms with Crippen molar-refractivity contribution in [1.29, 1.82) is 0 Å². The van der Waals surface area contributed by atoms with E-state index in [4.69, 9.17) is 4.74 Å². The number of ether oxygens (including phenoxy) is 1. The molecule has 1 atom stereocenters. The molecule has 6 heteroatoms. The zero-order chi connectivity index (χ0) is 18.2. The normalized spacial score (nSPS) is 17.2. The lowest BCUT2D eigenvalue weighted by atomic mass is 10.0. The van der Waals surface area contributed by atoms with Gasteiger partial charge in [0, 0.05) is 38.9 Å². The first-order chi connectivity index (χ1) is 12.7. The summed E-state index contributed by atoms with van der Waals surface area (Å²) in [6, 6.07) is 14.1. The van der Waals surface area contributed by atoms with E-state index in [1.165, 1.54) is 12.8 Å². The van der Waals surface area contributed by atoms with Crippen molar-refractivity contribution < 1.29 is 4.74 Å². The third-order valence-electron chi connectivity index (χ3n) is 4.65. The summed E-state index contributed by atoms with van der Waals surface area (Å²) in [5, 5.41) is 3.47. The number of nitrogens with zero attached hydrogens (tertiary/aromatic N) is 3. The van der Waals surface area contributed by atoms with Crippen LogP contribution in [-0.2, 0) is 13.2 Å². The molecule has 1 aromatic heterocycles. The molecule has 1 unspecified atom stereocenters. The Hall–Kier alpha value is -1.83. The van der Waals surface area contributed by atoms with Crippen molar-refractivity contribution in [1.82, 2.24) is 15.2 Å². The van der Waals surface area contributed by atoms with Gasteiger partial charge >= 0.3 is 0 Å². The molecule has 0 spiro atoms. The Morgan fingerprint density at radius 1 is 1.26 bits per heavy atom. The standard InChI is InChI=1S/C21H28N4O.HI/c1-17-7-6-12-25(15-17)21(22-2)24-14-19-10-11-23-20(13-19)26-16-18-8-4-3-5-9-18;/h3-5,8-11,13,17H,6-7,12,14-16H2,1-2H3,(H,22,24);1H. The number of guanidine groups is 1. The van der Waals surface area contributed by atoms with Crippen LogP contribution in [0.4, 0.5) is 0 Å². The average molecular weight is 480 g/mol. The fourth-order valence-corrected chi connectivity index (χ4v) is 3.27. The fourth-order valence-electron chi connectivity index (χ4n) is 3.27. The van der Waals surface area contributed by atoms with Gasteiger partial charge in [-0.3, -0.25) is 4.99 Å². The first-order valence-corrected chi connectivity index (χ1v) is 9.32. The highest BCUT2D eigenvalue weighted by atomic mass is 127. The highest BCUT2D eigenvalue weighted by Crippen LogP contribution is 2.16. The quantitative estimate of drug-likeness (QED) is 0.398. The van der Waals surface area contributed by atoms with E-state index in [-0.39, 0.29) is 24.0 Å². The summed E-state index contributed by atoms with van der Waals surface area (Å²) < 4.78 is 5.82. The van der Waals surface area contributed by atoms with Crippen molar-refractivity contribution in [3.8, 4) is 5.88 Å². The maximum atomic E-state index is 5.82. The summed E-state index contributed by atoms with van der Waals surface area (Å²) in [5.41, 5.74) is 2.27. The van der Waals surface area contributed by atoms with E-state index in [2.05, 4.69) is 39.2 Å². The van der Waals surface area contributed by atoms with E-state index < -0.39 is 0 Å². The van der Waals surface area contributed by atoms with Gasteiger partial charge in [-0.25, -0.2) is 4.98 Å². The fraction of sp³-hybridized carbons (Fsp3) is 0.429. The molecule has 3 rings (SSSR count). The summed E-state index contributed by atoms with van der Waals surface area (Å²) in [7, 11) is 1.85. The molecular formula is C21H29IN4O. The van der Waals surface area contributed by atoms with E-state index in [0.29, 0.717) is 19.0 Å². The number of aromatic nitrogens is 1. The molecule has 0 amide bonds. The van der Waals surface area contributed by atoms with E-state index in [9.17, 15) is 0 Å². The molecule has 0 radical (unpaired) electrons. The highest BCUT2D eigenvalue weighted by molar-refractivity contribution is 14.0. The molecule has 0 bridgehead atoms. The van der Waals surface area contributed by atoms with Gasteiger partial charge < -0.3 is 15.0 Å². The molecule has 2 aromatic rings. The maximum absolute atomic E-state index is 5.82. The number of aliphatic imine (C=N–C) groups is 1. The SMILES string of the molecule is CN=C(NCc1ccnc(OCc2ccccc2)c1)N1CCCC(C)C1.I. The number of likely N-dealkylation sites (tertiary alicyclic amines) is 1. The third kappa shape index (κ3) is 6.68. The molecule has 5 nitrogen and oxygen atoms in total. The molecule has 27 heavy (non-hydrogen) atoms. The van der Waals surface area contributed by atoms with E-state index in [1.54, 1.807) is 6.20 Å². The van der Waals surface area contributed by atoms with Gasteiger partial charge in [0.25, 0.3) is 0 Å². The minimum atomic E-state index is 0. The van der Waals surface area contributed by atoms with Crippen LogP contribution in [0.5, 0.6) is 5.88 Å². The minimum absolute atomic E-state index is 0. The van der Waals surface area contributed by atoms with Crippen molar-refractivity contribution in [3.05, 3.63) is 59.8 Å². The summed E-state index contributed by atoms with van der Waals surface area (Å²) in [5.74, 6) is 2.34. The van der Waals surface area contributed by atoms with E-state index >= 15 is 0 Å². The largest absolute Gasteiger partial charge is 0.473 e. The molecule has 1 aromatic carbocycles.